The molecule has 0 saturated carbocycles. The van der Waals surface area contributed by atoms with Crippen LogP contribution in [-0.4, -0.2) is 4.57 Å². The van der Waals surface area contributed by atoms with Gasteiger partial charge in [-0.15, -0.1) is 12.6 Å². The average molecular weight is 345 g/mol. The van der Waals surface area contributed by atoms with E-state index in [-0.39, 0.29) is 4.90 Å². The number of benzene rings is 2. The number of rotatable bonds is 3. The predicted octanol–water partition coefficient (Wildman–Crippen LogP) is 4.31. The topological polar surface area (TPSA) is 8.81 Å². The summed E-state index contributed by atoms with van der Waals surface area (Å²) in [6.07, 6.45) is 5.47. The summed E-state index contributed by atoms with van der Waals surface area (Å²) >= 11 is 4.15. The summed E-state index contributed by atoms with van der Waals surface area (Å²) in [5, 5.41) is 0. The molecule has 0 spiro atoms. The Morgan fingerprint density at radius 2 is 1.71 bits per heavy atom. The first-order valence-electron chi connectivity index (χ1n) is 7.67. The average Bonchev–Trinajstić information content (AvgIpc) is 2.95. The molecule has 0 radical (unpaired) electrons. The second-order valence-electron chi connectivity index (χ2n) is 6.13. The Morgan fingerprint density at radius 3 is 2.38 bits per heavy atom. The van der Waals surface area contributed by atoms with Crippen molar-refractivity contribution in [2.75, 3.05) is 0 Å². The molecule has 124 valence electrons. The van der Waals surface area contributed by atoms with Crippen LogP contribution in [0.15, 0.2) is 47.9 Å². The van der Waals surface area contributed by atoms with E-state index in [0.717, 1.165) is 6.07 Å². The first-order valence-corrected chi connectivity index (χ1v) is 8.12. The van der Waals surface area contributed by atoms with Crippen LogP contribution in [0.25, 0.3) is 5.69 Å². The molecule has 0 aliphatic heterocycles. The van der Waals surface area contributed by atoms with Crippen molar-refractivity contribution in [1.29, 1.82) is 0 Å². The zero-order valence-corrected chi connectivity index (χ0v) is 14.7. The lowest BCUT2D eigenvalue weighted by Crippen LogP contribution is -2.32. The number of aryl methyl sites for hydroxylation is 3. The third kappa shape index (κ3) is 3.22. The number of nitrogens with zero attached hydrogens (tertiary/aromatic N) is 2. The molecule has 0 aliphatic carbocycles. The Balaban J connectivity index is 1.95. The summed E-state index contributed by atoms with van der Waals surface area (Å²) < 4.78 is 30.8. The molecule has 0 bridgehead atoms. The summed E-state index contributed by atoms with van der Waals surface area (Å²) in [4.78, 5) is 0.127. The van der Waals surface area contributed by atoms with E-state index in [0.29, 0.717) is 12.2 Å². The van der Waals surface area contributed by atoms with E-state index in [2.05, 4.69) is 45.5 Å². The number of aromatic nitrogens is 2. The highest BCUT2D eigenvalue weighted by atomic mass is 32.1. The first kappa shape index (κ1) is 16.7. The van der Waals surface area contributed by atoms with Gasteiger partial charge < -0.3 is 0 Å². The maximum Gasteiger partial charge on any atom is 0.249 e. The van der Waals surface area contributed by atoms with Gasteiger partial charge in [-0.3, -0.25) is 0 Å². The molecule has 1 aromatic heterocycles. The van der Waals surface area contributed by atoms with Gasteiger partial charge in [0.2, 0.25) is 6.33 Å². The normalized spacial score (nSPS) is 11.1. The van der Waals surface area contributed by atoms with Gasteiger partial charge in [0, 0.05) is 12.1 Å². The Labute approximate surface area is 145 Å². The zero-order chi connectivity index (χ0) is 17.4. The summed E-state index contributed by atoms with van der Waals surface area (Å²) in [5.41, 5.74) is 5.34. The summed E-state index contributed by atoms with van der Waals surface area (Å²) in [5.74, 6) is -1.29. The fourth-order valence-corrected chi connectivity index (χ4v) is 3.27. The second-order valence-corrected chi connectivity index (χ2v) is 6.57. The quantitative estimate of drug-likeness (QED) is 0.535. The van der Waals surface area contributed by atoms with Crippen LogP contribution in [0.4, 0.5) is 8.78 Å². The highest BCUT2D eigenvalue weighted by Crippen LogP contribution is 2.23. The molecule has 5 heteroatoms. The van der Waals surface area contributed by atoms with Crippen LogP contribution < -0.4 is 4.57 Å². The van der Waals surface area contributed by atoms with Crippen molar-refractivity contribution in [1.82, 2.24) is 4.57 Å². The largest absolute Gasteiger partial charge is 0.249 e. The van der Waals surface area contributed by atoms with E-state index in [1.165, 1.54) is 28.3 Å². The van der Waals surface area contributed by atoms with Gasteiger partial charge in [0.1, 0.15) is 30.6 Å². The molecule has 2 nitrogen and oxygen atoms in total. The smallest absolute Gasteiger partial charge is 0.232 e. The fourth-order valence-electron chi connectivity index (χ4n) is 3.02. The molecule has 0 unspecified atom stereocenters. The van der Waals surface area contributed by atoms with Crippen molar-refractivity contribution in [3.05, 3.63) is 76.9 Å². The van der Waals surface area contributed by atoms with Gasteiger partial charge in [0.25, 0.3) is 0 Å². The fraction of sp³-hybridized carbons (Fsp3) is 0.211. The van der Waals surface area contributed by atoms with Crippen LogP contribution in [0.5, 0.6) is 0 Å². The van der Waals surface area contributed by atoms with Gasteiger partial charge >= 0.3 is 0 Å². The van der Waals surface area contributed by atoms with Gasteiger partial charge in [-0.2, -0.15) is 0 Å². The van der Waals surface area contributed by atoms with E-state index in [4.69, 9.17) is 0 Å². The molecule has 3 aromatic rings. The molecule has 1 heterocycles. The van der Waals surface area contributed by atoms with Crippen LogP contribution in [0.2, 0.25) is 0 Å². The molecule has 0 N–H and O–H groups in total. The van der Waals surface area contributed by atoms with Crippen LogP contribution in [0.1, 0.15) is 22.3 Å². The highest BCUT2D eigenvalue weighted by Gasteiger charge is 2.16. The molecule has 0 saturated heterocycles. The van der Waals surface area contributed by atoms with E-state index >= 15 is 0 Å². The molecule has 24 heavy (non-hydrogen) atoms. The number of hydrogen-bond donors (Lipinski definition) is 1. The lowest BCUT2D eigenvalue weighted by molar-refractivity contribution is -0.687. The van der Waals surface area contributed by atoms with E-state index in [1.807, 2.05) is 17.1 Å². The Kier molecular flexibility index (Phi) is 4.45. The number of halogens is 2. The minimum atomic E-state index is -0.668. The highest BCUT2D eigenvalue weighted by molar-refractivity contribution is 7.80. The molecule has 0 amide bonds. The minimum absolute atomic E-state index is 0.127. The van der Waals surface area contributed by atoms with Crippen molar-refractivity contribution >= 4 is 12.6 Å². The van der Waals surface area contributed by atoms with Crippen LogP contribution >= 0.6 is 12.6 Å². The van der Waals surface area contributed by atoms with Gasteiger partial charge in [0.15, 0.2) is 5.69 Å². The first-order chi connectivity index (χ1) is 11.3. The van der Waals surface area contributed by atoms with E-state index in [9.17, 15) is 8.78 Å². The van der Waals surface area contributed by atoms with Crippen molar-refractivity contribution in [3.8, 4) is 5.69 Å². The van der Waals surface area contributed by atoms with Crippen molar-refractivity contribution < 1.29 is 13.3 Å². The molecular weight excluding hydrogens is 326 g/mol. The minimum Gasteiger partial charge on any atom is -0.232 e. The third-order valence-corrected chi connectivity index (χ3v) is 4.60. The van der Waals surface area contributed by atoms with Crippen molar-refractivity contribution in [3.63, 3.8) is 0 Å². The Bertz CT molecular complexity index is 893. The van der Waals surface area contributed by atoms with E-state index in [1.54, 1.807) is 10.8 Å². The van der Waals surface area contributed by atoms with Gasteiger partial charge in [-0.05, 0) is 37.5 Å². The number of hydrogen-bond acceptors (Lipinski definition) is 1. The van der Waals surface area contributed by atoms with Gasteiger partial charge in [-0.1, -0.05) is 17.7 Å². The van der Waals surface area contributed by atoms with Crippen LogP contribution in [0, 0.1) is 32.4 Å². The van der Waals surface area contributed by atoms with Crippen molar-refractivity contribution in [2.24, 2.45) is 0 Å². The molecule has 0 aliphatic rings. The summed E-state index contributed by atoms with van der Waals surface area (Å²) in [6.45, 7) is 6.98. The van der Waals surface area contributed by atoms with Crippen LogP contribution in [0.3, 0.4) is 0 Å². The van der Waals surface area contributed by atoms with Gasteiger partial charge in [-0.25, -0.2) is 17.9 Å². The standard InChI is InChI=1S/C19H18F2N2S/c1-12-6-13(2)16(14(3)7-12)10-22-4-5-23(11-22)18-9-15(20)8-17(21)19(18)24/h4-9,11H,10H2,1-3H3/p+1. The predicted molar refractivity (Wildman–Crippen MR) is 92.9 cm³/mol. The monoisotopic (exact) mass is 345 g/mol. The molecular formula is C19H19F2N2S+. The maximum atomic E-state index is 13.7. The van der Waals surface area contributed by atoms with Gasteiger partial charge in [0.05, 0.1) is 4.90 Å². The molecule has 3 rings (SSSR count). The number of imidazole rings is 1. The lowest BCUT2D eigenvalue weighted by Gasteiger charge is -2.09. The summed E-state index contributed by atoms with van der Waals surface area (Å²) in [7, 11) is 0. The Hall–Kier alpha value is -2.14. The molecule has 2 aromatic carbocycles. The summed E-state index contributed by atoms with van der Waals surface area (Å²) in [6, 6.07) is 6.43. The van der Waals surface area contributed by atoms with Crippen molar-refractivity contribution in [2.45, 2.75) is 32.2 Å². The number of thiol groups is 1. The maximum absolute atomic E-state index is 13.7. The van der Waals surface area contributed by atoms with Crippen LogP contribution in [-0.2, 0) is 6.54 Å². The Morgan fingerprint density at radius 1 is 1.04 bits per heavy atom. The third-order valence-electron chi connectivity index (χ3n) is 4.16. The molecule has 0 fully saturated rings. The lowest BCUT2D eigenvalue weighted by atomic mass is 10.00. The second kappa shape index (κ2) is 6.40. The SMILES string of the molecule is Cc1cc(C)c(C[n+]2ccn(-c3cc(F)cc(F)c3S)c2)c(C)c1. The molecule has 0 atom stereocenters. The zero-order valence-electron chi connectivity index (χ0n) is 13.8. The van der Waals surface area contributed by atoms with E-state index < -0.39 is 11.6 Å².